The first kappa shape index (κ1) is 21.8. The van der Waals surface area contributed by atoms with E-state index < -0.39 is 78.7 Å². The Bertz CT molecular complexity index is 738. The molecule has 0 radical (unpaired) electrons. The maximum absolute atomic E-state index is 12.3. The highest BCUT2D eigenvalue weighted by molar-refractivity contribution is 5.99. The molecule has 1 aliphatic heterocycles. The molecule has 6 atom stereocenters. The van der Waals surface area contributed by atoms with Crippen LogP contribution in [0.1, 0.15) is 22.0 Å². The lowest BCUT2D eigenvalue weighted by Crippen LogP contribution is -2.55. The van der Waals surface area contributed by atoms with E-state index in [0.717, 1.165) is 12.1 Å². The lowest BCUT2D eigenvalue weighted by atomic mass is 9.90. The summed E-state index contributed by atoms with van der Waals surface area (Å²) < 4.78 is 5.32. The number of carboxylic acid groups (broad SMARTS) is 1. The Hall–Kier alpha value is -2.48. The Morgan fingerprint density at radius 3 is 2.25 bits per heavy atom. The highest BCUT2D eigenvalue weighted by Gasteiger charge is 2.44. The van der Waals surface area contributed by atoms with Gasteiger partial charge in [0.1, 0.15) is 30.5 Å². The number of carbonyl (C=O) groups is 2. The van der Waals surface area contributed by atoms with Crippen LogP contribution in [-0.4, -0.2) is 96.4 Å². The number of amides is 1. The van der Waals surface area contributed by atoms with E-state index in [9.17, 15) is 40.2 Å². The van der Waals surface area contributed by atoms with Crippen molar-refractivity contribution in [2.45, 2.75) is 36.6 Å². The number of phenolic OH excluding ortho intramolecular Hbond substituents is 2. The maximum atomic E-state index is 12.3. The molecule has 0 spiro atoms. The second kappa shape index (κ2) is 8.68. The Morgan fingerprint density at radius 2 is 1.71 bits per heavy atom. The van der Waals surface area contributed by atoms with Gasteiger partial charge in [-0.2, -0.15) is 0 Å². The zero-order valence-corrected chi connectivity index (χ0v) is 14.3. The van der Waals surface area contributed by atoms with Crippen LogP contribution in [0.2, 0.25) is 0 Å². The molecule has 0 aliphatic carbocycles. The number of nitrogens with one attached hydrogen (secondary N) is 1. The number of rotatable bonds is 6. The third kappa shape index (κ3) is 4.16. The van der Waals surface area contributed by atoms with Crippen LogP contribution >= 0.6 is 0 Å². The molecule has 12 heteroatoms. The van der Waals surface area contributed by atoms with Gasteiger partial charge in [-0.15, -0.1) is 0 Å². The number of carboxylic acids is 1. The first-order valence-electron chi connectivity index (χ1n) is 8.13. The zero-order valence-electron chi connectivity index (χ0n) is 14.3. The highest BCUT2D eigenvalue weighted by atomic mass is 16.5. The normalized spacial score (nSPS) is 28.5. The lowest BCUT2D eigenvalue weighted by Gasteiger charge is -2.40. The van der Waals surface area contributed by atoms with E-state index in [0.29, 0.717) is 0 Å². The minimum atomic E-state index is -1.71. The van der Waals surface area contributed by atoms with Crippen molar-refractivity contribution in [2.24, 2.45) is 0 Å². The van der Waals surface area contributed by atoms with E-state index in [2.05, 4.69) is 0 Å². The van der Waals surface area contributed by atoms with Gasteiger partial charge in [0.05, 0.1) is 18.8 Å². The van der Waals surface area contributed by atoms with Gasteiger partial charge in [-0.05, 0) is 17.7 Å². The van der Waals surface area contributed by atoms with E-state index in [1.807, 2.05) is 5.32 Å². The lowest BCUT2D eigenvalue weighted by molar-refractivity contribution is -0.231. The van der Waals surface area contributed by atoms with Gasteiger partial charge in [-0.1, -0.05) is 0 Å². The van der Waals surface area contributed by atoms with Crippen LogP contribution in [-0.2, 0) is 9.53 Å². The van der Waals surface area contributed by atoms with Gasteiger partial charge >= 0.3 is 5.97 Å². The van der Waals surface area contributed by atoms with Crippen LogP contribution in [0, 0.1) is 0 Å². The van der Waals surface area contributed by atoms with E-state index in [4.69, 9.17) is 14.9 Å². The summed E-state index contributed by atoms with van der Waals surface area (Å²) in [6, 6.07) is 0.220. The van der Waals surface area contributed by atoms with Crippen LogP contribution in [0.4, 0.5) is 0 Å². The molecule has 2 rings (SSSR count). The molecule has 1 fully saturated rings. The number of hydrogen-bond donors (Lipinski definition) is 9. The topological polar surface area (TPSA) is 217 Å². The van der Waals surface area contributed by atoms with Crippen LogP contribution in [0.3, 0.4) is 0 Å². The molecule has 0 bridgehead atoms. The number of ether oxygens (including phenoxy) is 1. The maximum Gasteiger partial charge on any atom is 0.328 e. The summed E-state index contributed by atoms with van der Waals surface area (Å²) in [5.74, 6) is -4.39. The summed E-state index contributed by atoms with van der Waals surface area (Å²) in [5.41, 5.74) is -0.695. The van der Waals surface area contributed by atoms with Gasteiger partial charge in [0, 0.05) is 0 Å². The first-order valence-corrected chi connectivity index (χ1v) is 8.13. The van der Waals surface area contributed by atoms with Gasteiger partial charge in [0.2, 0.25) is 0 Å². The molecule has 1 aliphatic rings. The average molecular weight is 403 g/mol. The molecular formula is C16H21NO11. The fourth-order valence-electron chi connectivity index (χ4n) is 2.78. The van der Waals surface area contributed by atoms with Crippen molar-refractivity contribution >= 4 is 11.9 Å². The Morgan fingerprint density at radius 1 is 1.07 bits per heavy atom. The number of hydrogen-bond acceptors (Lipinski definition) is 10. The van der Waals surface area contributed by atoms with Gasteiger partial charge in [0.15, 0.2) is 17.5 Å². The molecule has 0 saturated carbocycles. The van der Waals surface area contributed by atoms with Crippen LogP contribution in [0.25, 0.3) is 0 Å². The molecule has 9 N–H and O–H groups in total. The molecule has 156 valence electrons. The number of phenols is 2. The summed E-state index contributed by atoms with van der Waals surface area (Å²) in [6.45, 7) is -1.63. The molecule has 1 aromatic rings. The van der Waals surface area contributed by atoms with Gasteiger partial charge in [0.25, 0.3) is 5.91 Å². The van der Waals surface area contributed by atoms with E-state index in [1.165, 1.54) is 0 Å². The fourth-order valence-corrected chi connectivity index (χ4v) is 2.78. The van der Waals surface area contributed by atoms with Crippen molar-refractivity contribution in [3.8, 4) is 11.5 Å². The molecule has 1 heterocycles. The van der Waals surface area contributed by atoms with Crippen molar-refractivity contribution in [2.75, 3.05) is 13.2 Å². The molecule has 28 heavy (non-hydrogen) atoms. The second-order valence-electron chi connectivity index (χ2n) is 6.23. The monoisotopic (exact) mass is 403 g/mol. The van der Waals surface area contributed by atoms with E-state index >= 15 is 0 Å². The Kier molecular flexibility index (Phi) is 6.77. The SMILES string of the molecule is O=C(N[C@@H](CO)C(=O)O)c1cc([C@@H]2O[C@H](CO)[C@@H](O)[C@H](O)[C@H]2O)cc(O)c1O. The molecule has 12 nitrogen and oxygen atoms in total. The number of carbonyl (C=O) groups excluding carboxylic acids is 1. The second-order valence-corrected chi connectivity index (χ2v) is 6.23. The van der Waals surface area contributed by atoms with E-state index in [-0.39, 0.29) is 5.56 Å². The number of aromatic hydroxyl groups is 2. The van der Waals surface area contributed by atoms with Crippen LogP contribution in [0.15, 0.2) is 12.1 Å². The molecule has 1 saturated heterocycles. The largest absolute Gasteiger partial charge is 0.504 e. The first-order chi connectivity index (χ1) is 13.1. The van der Waals surface area contributed by atoms with Gasteiger partial charge in [-0.3, -0.25) is 4.79 Å². The number of aliphatic hydroxyl groups is 5. The number of aliphatic carboxylic acids is 1. The molecule has 0 aromatic heterocycles. The molecule has 1 amide bonds. The van der Waals surface area contributed by atoms with E-state index in [1.54, 1.807) is 0 Å². The predicted molar refractivity (Wildman–Crippen MR) is 88.5 cm³/mol. The summed E-state index contributed by atoms with van der Waals surface area (Å²) >= 11 is 0. The van der Waals surface area contributed by atoms with Gasteiger partial charge < -0.3 is 50.9 Å². The molecule has 0 unspecified atom stereocenters. The summed E-state index contributed by atoms with van der Waals surface area (Å²) in [7, 11) is 0. The summed E-state index contributed by atoms with van der Waals surface area (Å²) in [5, 5.41) is 78.7. The predicted octanol–water partition coefficient (Wildman–Crippen LogP) is -3.21. The quantitative estimate of drug-likeness (QED) is 0.215. The smallest absolute Gasteiger partial charge is 0.328 e. The Balaban J connectivity index is 2.39. The van der Waals surface area contributed by atoms with Crippen molar-refractivity contribution in [1.29, 1.82) is 0 Å². The average Bonchev–Trinajstić information content (AvgIpc) is 2.66. The fraction of sp³-hybridized carbons (Fsp3) is 0.500. The standard InChI is InChI=1S/C16H21NO11/c18-3-7(16(26)27)17-15(25)6-1-5(2-8(20)10(6)21)14-13(24)12(23)11(22)9(4-19)28-14/h1-2,7,9,11-14,18-24H,3-4H2,(H,17,25)(H,26,27)/t7-,9+,11+,12-,13+,14-/m0/s1. The van der Waals surface area contributed by atoms with Crippen molar-refractivity contribution in [1.82, 2.24) is 5.32 Å². The number of aliphatic hydroxyl groups excluding tert-OH is 5. The highest BCUT2D eigenvalue weighted by Crippen LogP contribution is 2.38. The minimum absolute atomic E-state index is 0.103. The zero-order chi connectivity index (χ0) is 21.2. The van der Waals surface area contributed by atoms with Crippen molar-refractivity contribution in [3.05, 3.63) is 23.3 Å². The van der Waals surface area contributed by atoms with Gasteiger partial charge in [-0.25, -0.2) is 4.79 Å². The third-order valence-corrected chi connectivity index (χ3v) is 4.36. The Labute approximate surface area is 157 Å². The molecular weight excluding hydrogens is 382 g/mol. The summed E-state index contributed by atoms with van der Waals surface area (Å²) in [6.07, 6.45) is -7.69. The third-order valence-electron chi connectivity index (χ3n) is 4.36. The van der Waals surface area contributed by atoms with Crippen LogP contribution < -0.4 is 5.32 Å². The molecule has 1 aromatic carbocycles. The van der Waals surface area contributed by atoms with Crippen molar-refractivity contribution < 1.29 is 55.2 Å². The minimum Gasteiger partial charge on any atom is -0.504 e. The van der Waals surface area contributed by atoms with Crippen LogP contribution in [0.5, 0.6) is 11.5 Å². The summed E-state index contributed by atoms with van der Waals surface area (Å²) in [4.78, 5) is 23.2. The van der Waals surface area contributed by atoms with Crippen molar-refractivity contribution in [3.63, 3.8) is 0 Å². The number of benzene rings is 1.